The monoisotopic (exact) mass is 205 g/mol. The van der Waals surface area contributed by atoms with E-state index in [1.54, 1.807) is 6.07 Å². The van der Waals surface area contributed by atoms with Crippen molar-refractivity contribution in [1.29, 1.82) is 0 Å². The molecule has 0 aliphatic rings. The summed E-state index contributed by atoms with van der Waals surface area (Å²) in [7, 11) is 0. The molecule has 15 heavy (non-hydrogen) atoms. The average molecular weight is 205 g/mol. The van der Waals surface area contributed by atoms with Gasteiger partial charge in [0.1, 0.15) is 5.82 Å². The quantitative estimate of drug-likeness (QED) is 0.717. The van der Waals surface area contributed by atoms with Crippen molar-refractivity contribution >= 4 is 11.8 Å². The maximum atomic E-state index is 10.5. The molecule has 1 atom stereocenters. The number of anilines is 1. The molecule has 0 aliphatic heterocycles. The number of carbonyl (C=O) groups is 1. The van der Waals surface area contributed by atoms with E-state index in [-0.39, 0.29) is 11.7 Å². The van der Waals surface area contributed by atoms with Crippen LogP contribution in [0.4, 0.5) is 5.82 Å². The van der Waals surface area contributed by atoms with E-state index in [9.17, 15) is 4.79 Å². The first-order valence-corrected chi connectivity index (χ1v) is 4.40. The Hall–Kier alpha value is -2.09. The van der Waals surface area contributed by atoms with Gasteiger partial charge in [0.05, 0.1) is 0 Å². The summed E-state index contributed by atoms with van der Waals surface area (Å²) in [5.41, 5.74) is -0.0786. The molecule has 1 unspecified atom stereocenters. The molecule has 5 heteroatoms. The zero-order chi connectivity index (χ0) is 11.3. The summed E-state index contributed by atoms with van der Waals surface area (Å²) < 4.78 is 0. The van der Waals surface area contributed by atoms with Gasteiger partial charge in [-0.15, -0.1) is 22.5 Å². The summed E-state index contributed by atoms with van der Waals surface area (Å²) in [6, 6.07) is 3.03. The van der Waals surface area contributed by atoms with Gasteiger partial charge in [-0.25, -0.2) is 4.79 Å². The summed E-state index contributed by atoms with van der Waals surface area (Å²) in [4.78, 5) is 10.5. The highest BCUT2D eigenvalue weighted by Gasteiger charge is 2.06. The summed E-state index contributed by atoms with van der Waals surface area (Å²) >= 11 is 0. The van der Waals surface area contributed by atoms with Gasteiger partial charge in [-0.1, -0.05) is 0 Å². The Kier molecular flexibility index (Phi) is 3.63. The number of hydrogen-bond donors (Lipinski definition) is 2. The SMILES string of the molecule is C#CCC(C)Nc1ccc(C(=O)O)nn1. The van der Waals surface area contributed by atoms with Gasteiger partial charge in [-0.3, -0.25) is 0 Å². The van der Waals surface area contributed by atoms with Crippen molar-refractivity contribution in [2.45, 2.75) is 19.4 Å². The van der Waals surface area contributed by atoms with Crippen LogP contribution in [0.2, 0.25) is 0 Å². The van der Waals surface area contributed by atoms with Gasteiger partial charge in [0, 0.05) is 12.5 Å². The Bertz CT molecular complexity index is 381. The van der Waals surface area contributed by atoms with E-state index in [2.05, 4.69) is 21.4 Å². The molecular formula is C10H11N3O2. The molecule has 0 saturated heterocycles. The topological polar surface area (TPSA) is 75.1 Å². The highest BCUT2D eigenvalue weighted by Crippen LogP contribution is 2.05. The van der Waals surface area contributed by atoms with Gasteiger partial charge in [0.25, 0.3) is 0 Å². The normalized spacial score (nSPS) is 11.5. The maximum Gasteiger partial charge on any atom is 0.356 e. The van der Waals surface area contributed by atoms with Crippen molar-refractivity contribution < 1.29 is 9.90 Å². The van der Waals surface area contributed by atoms with Crippen molar-refractivity contribution in [3.8, 4) is 12.3 Å². The van der Waals surface area contributed by atoms with Crippen molar-refractivity contribution in [2.24, 2.45) is 0 Å². The van der Waals surface area contributed by atoms with Gasteiger partial charge in [0.2, 0.25) is 0 Å². The molecule has 2 N–H and O–H groups in total. The summed E-state index contributed by atoms with van der Waals surface area (Å²) in [6.07, 6.45) is 5.71. The third-order valence-corrected chi connectivity index (χ3v) is 1.70. The Labute approximate surface area is 87.5 Å². The zero-order valence-electron chi connectivity index (χ0n) is 8.27. The minimum atomic E-state index is -1.09. The first kappa shape index (κ1) is 11.0. The first-order chi connectivity index (χ1) is 7.13. The van der Waals surface area contributed by atoms with E-state index in [0.717, 1.165) is 0 Å². The third kappa shape index (κ3) is 3.27. The first-order valence-electron chi connectivity index (χ1n) is 4.40. The van der Waals surface area contributed by atoms with Crippen LogP contribution in [0.5, 0.6) is 0 Å². The van der Waals surface area contributed by atoms with E-state index in [1.807, 2.05) is 6.92 Å². The van der Waals surface area contributed by atoms with E-state index in [0.29, 0.717) is 12.2 Å². The second-order valence-corrected chi connectivity index (χ2v) is 3.06. The van der Waals surface area contributed by atoms with Gasteiger partial charge >= 0.3 is 5.97 Å². The minimum absolute atomic E-state index is 0.0786. The van der Waals surface area contributed by atoms with Crippen LogP contribution in [0.15, 0.2) is 12.1 Å². The van der Waals surface area contributed by atoms with Crippen LogP contribution in [0.1, 0.15) is 23.8 Å². The Morgan fingerprint density at radius 1 is 1.67 bits per heavy atom. The lowest BCUT2D eigenvalue weighted by Crippen LogP contribution is -2.16. The minimum Gasteiger partial charge on any atom is -0.476 e. The lowest BCUT2D eigenvalue weighted by molar-refractivity contribution is 0.0689. The number of nitrogens with one attached hydrogen (secondary N) is 1. The molecule has 0 spiro atoms. The number of nitrogens with zero attached hydrogens (tertiary/aromatic N) is 2. The molecule has 0 saturated carbocycles. The second-order valence-electron chi connectivity index (χ2n) is 3.06. The fourth-order valence-electron chi connectivity index (χ4n) is 1.00. The number of hydrogen-bond acceptors (Lipinski definition) is 4. The Morgan fingerprint density at radius 3 is 2.87 bits per heavy atom. The van der Waals surface area contributed by atoms with E-state index < -0.39 is 5.97 Å². The standard InChI is InChI=1S/C10H11N3O2/c1-3-4-7(2)11-9-6-5-8(10(14)15)12-13-9/h1,5-7H,4H2,2H3,(H,11,13)(H,14,15). The number of rotatable bonds is 4. The number of carboxylic acids is 1. The smallest absolute Gasteiger partial charge is 0.356 e. The van der Waals surface area contributed by atoms with Gasteiger partial charge in [-0.2, -0.15) is 0 Å². The summed E-state index contributed by atoms with van der Waals surface area (Å²) in [5, 5.41) is 18.8. The van der Waals surface area contributed by atoms with Gasteiger partial charge in [-0.05, 0) is 19.1 Å². The molecule has 0 amide bonds. The molecule has 0 radical (unpaired) electrons. The molecule has 0 fully saturated rings. The van der Waals surface area contributed by atoms with E-state index in [1.165, 1.54) is 6.07 Å². The van der Waals surface area contributed by atoms with Crippen LogP contribution in [-0.2, 0) is 0 Å². The number of aromatic nitrogens is 2. The maximum absolute atomic E-state index is 10.5. The second kappa shape index (κ2) is 4.96. The van der Waals surface area contributed by atoms with Gasteiger partial charge in [0.15, 0.2) is 5.69 Å². The summed E-state index contributed by atoms with van der Waals surface area (Å²) in [6.45, 7) is 1.91. The van der Waals surface area contributed by atoms with E-state index >= 15 is 0 Å². The van der Waals surface area contributed by atoms with Crippen LogP contribution >= 0.6 is 0 Å². The lowest BCUT2D eigenvalue weighted by Gasteiger charge is -2.10. The zero-order valence-corrected chi connectivity index (χ0v) is 8.27. The highest BCUT2D eigenvalue weighted by atomic mass is 16.4. The predicted octanol–water partition coefficient (Wildman–Crippen LogP) is 0.998. The summed E-state index contributed by atoms with van der Waals surface area (Å²) in [5.74, 6) is 1.94. The fourth-order valence-corrected chi connectivity index (χ4v) is 1.00. The largest absolute Gasteiger partial charge is 0.476 e. The molecule has 1 rings (SSSR count). The molecule has 0 aromatic carbocycles. The van der Waals surface area contributed by atoms with Crippen LogP contribution in [-0.4, -0.2) is 27.3 Å². The van der Waals surface area contributed by atoms with Crippen molar-refractivity contribution in [3.63, 3.8) is 0 Å². The highest BCUT2D eigenvalue weighted by molar-refractivity contribution is 5.85. The predicted molar refractivity (Wildman–Crippen MR) is 55.5 cm³/mol. The Morgan fingerprint density at radius 2 is 2.40 bits per heavy atom. The lowest BCUT2D eigenvalue weighted by atomic mass is 10.2. The van der Waals surface area contributed by atoms with Crippen LogP contribution < -0.4 is 5.32 Å². The number of terminal acetylenes is 1. The molecule has 5 nitrogen and oxygen atoms in total. The van der Waals surface area contributed by atoms with E-state index in [4.69, 9.17) is 11.5 Å². The third-order valence-electron chi connectivity index (χ3n) is 1.70. The molecule has 78 valence electrons. The fraction of sp³-hybridized carbons (Fsp3) is 0.300. The molecule has 1 aromatic rings. The molecule has 1 heterocycles. The van der Waals surface area contributed by atoms with Crippen LogP contribution in [0, 0.1) is 12.3 Å². The average Bonchev–Trinajstić information content (AvgIpc) is 2.18. The molecular weight excluding hydrogens is 194 g/mol. The van der Waals surface area contributed by atoms with Gasteiger partial charge < -0.3 is 10.4 Å². The number of carboxylic acid groups (broad SMARTS) is 1. The van der Waals surface area contributed by atoms with Crippen LogP contribution in [0.3, 0.4) is 0 Å². The van der Waals surface area contributed by atoms with Crippen LogP contribution in [0.25, 0.3) is 0 Å². The molecule has 0 bridgehead atoms. The molecule has 1 aromatic heterocycles. The Balaban J connectivity index is 2.65. The van der Waals surface area contributed by atoms with Crippen molar-refractivity contribution in [2.75, 3.05) is 5.32 Å². The molecule has 0 aliphatic carbocycles. The van der Waals surface area contributed by atoms with Crippen molar-refractivity contribution in [3.05, 3.63) is 17.8 Å². The number of aromatic carboxylic acids is 1. The van der Waals surface area contributed by atoms with Crippen molar-refractivity contribution in [1.82, 2.24) is 10.2 Å².